The number of carbonyl (C=O) groups excluding carboxylic acids is 1. The van der Waals surface area contributed by atoms with Gasteiger partial charge < -0.3 is 10.2 Å². The van der Waals surface area contributed by atoms with Gasteiger partial charge in [0, 0.05) is 19.0 Å². The van der Waals surface area contributed by atoms with Gasteiger partial charge in [-0.3, -0.25) is 4.79 Å². The van der Waals surface area contributed by atoms with Crippen molar-refractivity contribution in [3.63, 3.8) is 0 Å². The SMILES string of the molecule is Cc1nc(N2CCCC2)ccc1NC(=O)C1CCC1. The summed E-state index contributed by atoms with van der Waals surface area (Å²) < 4.78 is 0. The van der Waals surface area contributed by atoms with Gasteiger partial charge in [-0.25, -0.2) is 4.98 Å². The van der Waals surface area contributed by atoms with Gasteiger partial charge in [0.05, 0.1) is 11.4 Å². The molecule has 0 radical (unpaired) electrons. The van der Waals surface area contributed by atoms with Gasteiger partial charge in [0.15, 0.2) is 0 Å². The normalized spacial score (nSPS) is 19.3. The minimum absolute atomic E-state index is 0.157. The van der Waals surface area contributed by atoms with E-state index in [0.29, 0.717) is 0 Å². The Kier molecular flexibility index (Phi) is 3.40. The average Bonchev–Trinajstić information content (AvgIpc) is 2.83. The number of pyridine rings is 1. The zero-order valence-electron chi connectivity index (χ0n) is 11.5. The van der Waals surface area contributed by atoms with E-state index in [9.17, 15) is 4.79 Å². The van der Waals surface area contributed by atoms with Gasteiger partial charge in [0.1, 0.15) is 5.82 Å². The lowest BCUT2D eigenvalue weighted by molar-refractivity contribution is -0.122. The van der Waals surface area contributed by atoms with Crippen molar-refractivity contribution in [3.05, 3.63) is 17.8 Å². The summed E-state index contributed by atoms with van der Waals surface area (Å²) in [6.07, 6.45) is 5.75. The number of nitrogens with one attached hydrogen (secondary N) is 1. The Morgan fingerprint density at radius 3 is 2.58 bits per heavy atom. The van der Waals surface area contributed by atoms with Gasteiger partial charge in [0.25, 0.3) is 0 Å². The van der Waals surface area contributed by atoms with E-state index in [1.807, 2.05) is 19.1 Å². The van der Waals surface area contributed by atoms with Crippen LogP contribution >= 0.6 is 0 Å². The highest BCUT2D eigenvalue weighted by molar-refractivity contribution is 5.93. The monoisotopic (exact) mass is 259 g/mol. The lowest BCUT2D eigenvalue weighted by Gasteiger charge is -2.24. The molecule has 1 N–H and O–H groups in total. The second-order valence-electron chi connectivity index (χ2n) is 5.61. The molecular formula is C15H21N3O. The Balaban J connectivity index is 1.70. The number of aromatic nitrogens is 1. The lowest BCUT2D eigenvalue weighted by atomic mass is 9.85. The van der Waals surface area contributed by atoms with Crippen LogP contribution in [0.1, 0.15) is 37.8 Å². The molecule has 1 aromatic rings. The van der Waals surface area contributed by atoms with Crippen LogP contribution in [0.15, 0.2) is 12.1 Å². The van der Waals surface area contributed by atoms with Gasteiger partial charge in [-0.2, -0.15) is 0 Å². The number of hydrogen-bond acceptors (Lipinski definition) is 3. The maximum absolute atomic E-state index is 11.9. The second-order valence-corrected chi connectivity index (χ2v) is 5.61. The number of aryl methyl sites for hydroxylation is 1. The summed E-state index contributed by atoms with van der Waals surface area (Å²) in [6.45, 7) is 4.16. The second kappa shape index (κ2) is 5.19. The standard InChI is InChI=1S/C15H21N3O/c1-11-13(17-15(19)12-5-4-6-12)7-8-14(16-11)18-9-2-3-10-18/h7-8,12H,2-6,9-10H2,1H3,(H,17,19). The van der Waals surface area contributed by atoms with E-state index in [-0.39, 0.29) is 11.8 Å². The first-order valence-electron chi connectivity index (χ1n) is 7.27. The Bertz CT molecular complexity index is 476. The maximum atomic E-state index is 11.9. The summed E-state index contributed by atoms with van der Waals surface area (Å²) in [4.78, 5) is 18.9. The van der Waals surface area contributed by atoms with Crippen LogP contribution < -0.4 is 10.2 Å². The summed E-state index contributed by atoms with van der Waals surface area (Å²) in [5.74, 6) is 1.42. The predicted molar refractivity (Wildman–Crippen MR) is 76.4 cm³/mol. The third-order valence-electron chi connectivity index (χ3n) is 4.24. The number of amides is 1. The van der Waals surface area contributed by atoms with Gasteiger partial charge in [-0.05, 0) is 44.7 Å². The number of hydrogen-bond donors (Lipinski definition) is 1. The largest absolute Gasteiger partial charge is 0.357 e. The molecule has 0 aromatic carbocycles. The first kappa shape index (κ1) is 12.5. The molecule has 2 aliphatic rings. The Morgan fingerprint density at radius 2 is 2.00 bits per heavy atom. The highest BCUT2D eigenvalue weighted by Crippen LogP contribution is 2.28. The van der Waals surface area contributed by atoms with Crippen molar-refractivity contribution in [2.45, 2.75) is 39.0 Å². The Hall–Kier alpha value is -1.58. The van der Waals surface area contributed by atoms with Crippen molar-refractivity contribution in [1.29, 1.82) is 0 Å². The maximum Gasteiger partial charge on any atom is 0.227 e. The van der Waals surface area contributed by atoms with Crippen molar-refractivity contribution >= 4 is 17.4 Å². The van der Waals surface area contributed by atoms with Crippen LogP contribution in [0.4, 0.5) is 11.5 Å². The molecule has 1 saturated carbocycles. The predicted octanol–water partition coefficient (Wildman–Crippen LogP) is 2.73. The molecule has 102 valence electrons. The van der Waals surface area contributed by atoms with Crippen molar-refractivity contribution in [3.8, 4) is 0 Å². The fourth-order valence-corrected chi connectivity index (χ4v) is 2.71. The van der Waals surface area contributed by atoms with Crippen LogP contribution in [-0.4, -0.2) is 24.0 Å². The fraction of sp³-hybridized carbons (Fsp3) is 0.600. The molecule has 1 aliphatic heterocycles. The quantitative estimate of drug-likeness (QED) is 0.907. The molecule has 0 spiro atoms. The summed E-state index contributed by atoms with van der Waals surface area (Å²) in [5.41, 5.74) is 1.77. The van der Waals surface area contributed by atoms with Gasteiger partial charge in [-0.15, -0.1) is 0 Å². The molecule has 1 saturated heterocycles. The van der Waals surface area contributed by atoms with E-state index < -0.39 is 0 Å². The van der Waals surface area contributed by atoms with E-state index in [1.165, 1.54) is 19.3 Å². The summed E-state index contributed by atoms with van der Waals surface area (Å²) in [5, 5.41) is 3.01. The molecule has 0 unspecified atom stereocenters. The fourth-order valence-electron chi connectivity index (χ4n) is 2.71. The average molecular weight is 259 g/mol. The highest BCUT2D eigenvalue weighted by atomic mass is 16.1. The van der Waals surface area contributed by atoms with Crippen LogP contribution in [-0.2, 0) is 4.79 Å². The van der Waals surface area contributed by atoms with Gasteiger partial charge in [-0.1, -0.05) is 6.42 Å². The van der Waals surface area contributed by atoms with Crippen LogP contribution in [0.25, 0.3) is 0 Å². The summed E-state index contributed by atoms with van der Waals surface area (Å²) >= 11 is 0. The Morgan fingerprint density at radius 1 is 1.26 bits per heavy atom. The van der Waals surface area contributed by atoms with E-state index in [0.717, 1.165) is 43.1 Å². The number of nitrogens with zero attached hydrogens (tertiary/aromatic N) is 2. The highest BCUT2D eigenvalue weighted by Gasteiger charge is 2.25. The molecule has 4 heteroatoms. The van der Waals surface area contributed by atoms with Crippen LogP contribution in [0.5, 0.6) is 0 Å². The number of carbonyl (C=O) groups is 1. The molecule has 1 amide bonds. The van der Waals surface area contributed by atoms with Crippen molar-refractivity contribution in [1.82, 2.24) is 4.98 Å². The molecule has 2 fully saturated rings. The summed E-state index contributed by atoms with van der Waals surface area (Å²) in [6, 6.07) is 4.02. The molecule has 0 atom stereocenters. The molecule has 19 heavy (non-hydrogen) atoms. The van der Waals surface area contributed by atoms with Crippen LogP contribution in [0.3, 0.4) is 0 Å². The first-order valence-corrected chi connectivity index (χ1v) is 7.27. The van der Waals surface area contributed by atoms with Gasteiger partial charge in [0.2, 0.25) is 5.91 Å². The van der Waals surface area contributed by atoms with E-state index in [1.54, 1.807) is 0 Å². The van der Waals surface area contributed by atoms with Crippen molar-refractivity contribution in [2.24, 2.45) is 5.92 Å². The molecule has 4 nitrogen and oxygen atoms in total. The third kappa shape index (κ3) is 2.57. The molecule has 2 heterocycles. The molecule has 0 bridgehead atoms. The zero-order chi connectivity index (χ0) is 13.2. The van der Waals surface area contributed by atoms with Crippen molar-refractivity contribution < 1.29 is 4.79 Å². The molecule has 1 aliphatic carbocycles. The molecule has 1 aromatic heterocycles. The third-order valence-corrected chi connectivity index (χ3v) is 4.24. The van der Waals surface area contributed by atoms with Crippen LogP contribution in [0.2, 0.25) is 0 Å². The topological polar surface area (TPSA) is 45.2 Å². The zero-order valence-corrected chi connectivity index (χ0v) is 11.5. The smallest absolute Gasteiger partial charge is 0.227 e. The minimum atomic E-state index is 0.157. The first-order chi connectivity index (χ1) is 9.24. The molecule has 3 rings (SSSR count). The van der Waals surface area contributed by atoms with Crippen molar-refractivity contribution in [2.75, 3.05) is 23.3 Å². The minimum Gasteiger partial charge on any atom is -0.357 e. The van der Waals surface area contributed by atoms with E-state index >= 15 is 0 Å². The van der Waals surface area contributed by atoms with Gasteiger partial charge >= 0.3 is 0 Å². The Labute approximate surface area is 114 Å². The van der Waals surface area contributed by atoms with Crippen LogP contribution in [0, 0.1) is 12.8 Å². The number of rotatable bonds is 3. The number of anilines is 2. The van der Waals surface area contributed by atoms with E-state index in [4.69, 9.17) is 0 Å². The molecular weight excluding hydrogens is 238 g/mol. The lowest BCUT2D eigenvalue weighted by Crippen LogP contribution is -2.28. The van der Waals surface area contributed by atoms with E-state index in [2.05, 4.69) is 15.2 Å². The summed E-state index contributed by atoms with van der Waals surface area (Å²) in [7, 11) is 0.